The van der Waals surface area contributed by atoms with E-state index >= 15 is 0 Å². The van der Waals surface area contributed by atoms with E-state index in [1.54, 1.807) is 0 Å². The van der Waals surface area contributed by atoms with Crippen LogP contribution in [0.5, 0.6) is 0 Å². The highest BCUT2D eigenvalue weighted by atomic mass is 13.9. The van der Waals surface area contributed by atoms with Crippen LogP contribution in [0.2, 0.25) is 0 Å². The van der Waals surface area contributed by atoms with Crippen molar-refractivity contribution in [1.82, 2.24) is 0 Å². The lowest BCUT2D eigenvalue weighted by Gasteiger charge is -1.92. The summed E-state index contributed by atoms with van der Waals surface area (Å²) in [5.41, 5.74) is 2.79. The van der Waals surface area contributed by atoms with Crippen LogP contribution in [0.1, 0.15) is 51.9 Å². The SMILES string of the molecule is C=C=CCCCCC=CCCCC. The molecule has 0 amide bonds. The third-order valence-electron chi connectivity index (χ3n) is 2.00. The average Bonchev–Trinajstić information content (AvgIpc) is 2.16. The first-order valence-corrected chi connectivity index (χ1v) is 5.41. The second kappa shape index (κ2) is 11.3. The molecule has 0 heteroatoms. The Labute approximate surface area is 83.0 Å². The standard InChI is InChI=1S/C13H22/c1-3-5-7-9-11-13-12-10-8-6-4-2/h5,10,12H,1,4,6-9,11,13H2,2H3. The molecule has 0 rings (SSSR count). The zero-order valence-electron chi connectivity index (χ0n) is 8.89. The van der Waals surface area contributed by atoms with E-state index in [4.69, 9.17) is 0 Å². The molecule has 0 N–H and O–H groups in total. The van der Waals surface area contributed by atoms with Crippen molar-refractivity contribution in [2.24, 2.45) is 0 Å². The zero-order chi connectivity index (χ0) is 9.78. The molecule has 13 heavy (non-hydrogen) atoms. The van der Waals surface area contributed by atoms with Crippen molar-refractivity contribution < 1.29 is 0 Å². The van der Waals surface area contributed by atoms with Gasteiger partial charge < -0.3 is 0 Å². The molecule has 0 fully saturated rings. The molecular formula is C13H22. The number of rotatable bonds is 8. The highest BCUT2D eigenvalue weighted by molar-refractivity contribution is 4.82. The van der Waals surface area contributed by atoms with Gasteiger partial charge in [0.05, 0.1) is 0 Å². The van der Waals surface area contributed by atoms with Crippen molar-refractivity contribution in [3.05, 3.63) is 30.5 Å². The molecule has 0 bridgehead atoms. The Hall–Kier alpha value is -0.740. The molecule has 0 aliphatic carbocycles. The van der Waals surface area contributed by atoms with Gasteiger partial charge in [0, 0.05) is 0 Å². The topological polar surface area (TPSA) is 0 Å². The summed E-state index contributed by atoms with van der Waals surface area (Å²) < 4.78 is 0. The molecule has 0 aliphatic heterocycles. The van der Waals surface area contributed by atoms with Gasteiger partial charge in [-0.15, -0.1) is 5.73 Å². The maximum atomic E-state index is 3.53. The summed E-state index contributed by atoms with van der Waals surface area (Å²) in [7, 11) is 0. The molecule has 0 saturated heterocycles. The van der Waals surface area contributed by atoms with Gasteiger partial charge in [0.25, 0.3) is 0 Å². The highest BCUT2D eigenvalue weighted by Gasteiger charge is 1.83. The van der Waals surface area contributed by atoms with Crippen LogP contribution in [-0.2, 0) is 0 Å². The maximum Gasteiger partial charge on any atom is -0.0274 e. The van der Waals surface area contributed by atoms with E-state index in [1.165, 1.54) is 38.5 Å². The minimum atomic E-state index is 1.13. The first-order chi connectivity index (χ1) is 6.41. The van der Waals surface area contributed by atoms with Gasteiger partial charge in [-0.25, -0.2) is 0 Å². The predicted molar refractivity (Wildman–Crippen MR) is 60.8 cm³/mol. The summed E-state index contributed by atoms with van der Waals surface area (Å²) in [4.78, 5) is 0. The van der Waals surface area contributed by atoms with E-state index in [9.17, 15) is 0 Å². The molecule has 0 aliphatic rings. The fraction of sp³-hybridized carbons (Fsp3) is 0.615. The quantitative estimate of drug-likeness (QED) is 0.289. The van der Waals surface area contributed by atoms with Crippen LogP contribution >= 0.6 is 0 Å². The van der Waals surface area contributed by atoms with Crippen LogP contribution in [0.3, 0.4) is 0 Å². The summed E-state index contributed by atoms with van der Waals surface area (Å²) >= 11 is 0. The van der Waals surface area contributed by atoms with Gasteiger partial charge in [0.2, 0.25) is 0 Å². The zero-order valence-corrected chi connectivity index (χ0v) is 8.89. The lowest BCUT2D eigenvalue weighted by molar-refractivity contribution is 0.756. The molecule has 0 aromatic carbocycles. The molecule has 74 valence electrons. The third kappa shape index (κ3) is 11.3. The Bertz CT molecular complexity index is 159. The van der Waals surface area contributed by atoms with E-state index in [0.717, 1.165) is 6.42 Å². The van der Waals surface area contributed by atoms with Crippen molar-refractivity contribution in [2.45, 2.75) is 51.9 Å². The van der Waals surface area contributed by atoms with Crippen LogP contribution in [0, 0.1) is 0 Å². The fourth-order valence-corrected chi connectivity index (χ4v) is 1.17. The van der Waals surface area contributed by atoms with Crippen LogP contribution < -0.4 is 0 Å². The Morgan fingerprint density at radius 2 is 1.62 bits per heavy atom. The minimum Gasteiger partial charge on any atom is -0.133 e. The summed E-state index contributed by atoms with van der Waals surface area (Å²) in [5.74, 6) is 0. The molecule has 0 unspecified atom stereocenters. The number of hydrogen-bond acceptors (Lipinski definition) is 0. The Morgan fingerprint density at radius 3 is 2.23 bits per heavy atom. The van der Waals surface area contributed by atoms with Crippen LogP contribution in [0.4, 0.5) is 0 Å². The number of allylic oxidation sites excluding steroid dienone is 3. The molecule has 0 nitrogen and oxygen atoms in total. The largest absolute Gasteiger partial charge is 0.133 e. The van der Waals surface area contributed by atoms with Crippen molar-refractivity contribution in [2.75, 3.05) is 0 Å². The highest BCUT2D eigenvalue weighted by Crippen LogP contribution is 2.02. The van der Waals surface area contributed by atoms with Crippen molar-refractivity contribution in [3.8, 4) is 0 Å². The molecule has 0 aromatic heterocycles. The molecule has 0 radical (unpaired) electrons. The number of hydrogen-bond donors (Lipinski definition) is 0. The van der Waals surface area contributed by atoms with E-state index < -0.39 is 0 Å². The van der Waals surface area contributed by atoms with Gasteiger partial charge in [0.1, 0.15) is 0 Å². The van der Waals surface area contributed by atoms with Crippen LogP contribution in [-0.4, -0.2) is 0 Å². The average molecular weight is 178 g/mol. The molecule has 0 atom stereocenters. The van der Waals surface area contributed by atoms with Gasteiger partial charge >= 0.3 is 0 Å². The third-order valence-corrected chi connectivity index (χ3v) is 2.00. The normalized spacial score (nSPS) is 10.2. The second-order valence-corrected chi connectivity index (χ2v) is 3.31. The van der Waals surface area contributed by atoms with Gasteiger partial charge in [-0.2, -0.15) is 0 Å². The lowest BCUT2D eigenvalue weighted by atomic mass is 10.1. The van der Waals surface area contributed by atoms with E-state index in [1.807, 2.05) is 6.08 Å². The lowest BCUT2D eigenvalue weighted by Crippen LogP contribution is -1.72. The maximum absolute atomic E-state index is 3.53. The Kier molecular flexibility index (Phi) is 10.6. The monoisotopic (exact) mass is 178 g/mol. The Morgan fingerprint density at radius 1 is 1.00 bits per heavy atom. The summed E-state index contributed by atoms with van der Waals surface area (Å²) in [5, 5.41) is 0. The molecule has 0 spiro atoms. The summed E-state index contributed by atoms with van der Waals surface area (Å²) in [6.45, 7) is 5.77. The van der Waals surface area contributed by atoms with Crippen LogP contribution in [0.25, 0.3) is 0 Å². The van der Waals surface area contributed by atoms with E-state index in [-0.39, 0.29) is 0 Å². The van der Waals surface area contributed by atoms with Gasteiger partial charge in [-0.1, -0.05) is 38.5 Å². The van der Waals surface area contributed by atoms with Gasteiger partial charge in [-0.3, -0.25) is 0 Å². The minimum absolute atomic E-state index is 1.13. The summed E-state index contributed by atoms with van der Waals surface area (Å²) in [6, 6.07) is 0. The van der Waals surface area contributed by atoms with Crippen LogP contribution in [0.15, 0.2) is 30.5 Å². The first-order valence-electron chi connectivity index (χ1n) is 5.41. The van der Waals surface area contributed by atoms with Gasteiger partial charge in [-0.05, 0) is 38.2 Å². The second-order valence-electron chi connectivity index (χ2n) is 3.31. The Balaban J connectivity index is 3.06. The van der Waals surface area contributed by atoms with E-state index in [2.05, 4.69) is 31.4 Å². The predicted octanol–water partition coefficient (Wildman–Crippen LogP) is 4.63. The molecule has 0 heterocycles. The van der Waals surface area contributed by atoms with Crippen molar-refractivity contribution in [3.63, 3.8) is 0 Å². The van der Waals surface area contributed by atoms with Gasteiger partial charge in [0.15, 0.2) is 0 Å². The first kappa shape index (κ1) is 12.3. The smallest absolute Gasteiger partial charge is 0.0274 e. The fourth-order valence-electron chi connectivity index (χ4n) is 1.17. The van der Waals surface area contributed by atoms with Crippen molar-refractivity contribution >= 4 is 0 Å². The molecular weight excluding hydrogens is 156 g/mol. The van der Waals surface area contributed by atoms with E-state index in [0.29, 0.717) is 0 Å². The summed E-state index contributed by atoms with van der Waals surface area (Å²) in [6.07, 6.45) is 15.4. The molecule has 0 saturated carbocycles. The number of unbranched alkanes of at least 4 members (excludes halogenated alkanes) is 5. The molecule has 0 aromatic rings. The van der Waals surface area contributed by atoms with Crippen molar-refractivity contribution in [1.29, 1.82) is 0 Å².